The second kappa shape index (κ2) is 9.72. The predicted octanol–water partition coefficient (Wildman–Crippen LogP) is 2.09. The van der Waals surface area contributed by atoms with E-state index in [0.717, 1.165) is 59.1 Å². The molecule has 0 N–H and O–H groups in total. The van der Waals surface area contributed by atoms with Crippen LogP contribution < -0.4 is 0 Å². The van der Waals surface area contributed by atoms with Crippen LogP contribution in [0.3, 0.4) is 0 Å². The normalized spacial score (nSPS) is 18.6. The highest BCUT2D eigenvalue weighted by Crippen LogP contribution is 2.20. The lowest BCUT2D eigenvalue weighted by atomic mass is 9.91. The van der Waals surface area contributed by atoms with Gasteiger partial charge in [-0.2, -0.15) is 0 Å². The molecule has 4 heteroatoms. The monoisotopic (exact) mass is 286 g/mol. The molecule has 1 fully saturated rings. The Morgan fingerprint density at radius 1 is 0.850 bits per heavy atom. The molecule has 0 atom stereocenters. The average molecular weight is 286 g/mol. The summed E-state index contributed by atoms with van der Waals surface area (Å²) in [7, 11) is 1.77. The standard InChI is InChI=1S/C16H34N2O2/c1-16(2,3)6-5-13-20-15-12-18-9-7-17(8-10-18)11-14-19-4/h5-15H2,1-4H3. The Balaban J connectivity index is 1.94. The van der Waals surface area contributed by atoms with Crippen molar-refractivity contribution in [3.8, 4) is 0 Å². The van der Waals surface area contributed by atoms with E-state index in [0.29, 0.717) is 5.41 Å². The SMILES string of the molecule is COCCN1CCN(CCOCCCC(C)(C)C)CC1. The van der Waals surface area contributed by atoms with Crippen LogP contribution in [0.15, 0.2) is 0 Å². The summed E-state index contributed by atoms with van der Waals surface area (Å²) in [6.45, 7) is 16.3. The van der Waals surface area contributed by atoms with Crippen molar-refractivity contribution in [3.63, 3.8) is 0 Å². The van der Waals surface area contributed by atoms with Gasteiger partial charge in [-0.1, -0.05) is 20.8 Å². The van der Waals surface area contributed by atoms with Gasteiger partial charge in [0.05, 0.1) is 13.2 Å². The Kier molecular flexibility index (Phi) is 8.69. The molecule has 1 aliphatic rings. The first kappa shape index (κ1) is 17.9. The van der Waals surface area contributed by atoms with Gasteiger partial charge in [0.25, 0.3) is 0 Å². The van der Waals surface area contributed by atoms with Gasteiger partial charge in [-0.05, 0) is 18.3 Å². The third kappa shape index (κ3) is 8.90. The molecule has 4 nitrogen and oxygen atoms in total. The topological polar surface area (TPSA) is 24.9 Å². The summed E-state index contributed by atoms with van der Waals surface area (Å²) in [5, 5.41) is 0. The lowest BCUT2D eigenvalue weighted by Crippen LogP contribution is -2.48. The van der Waals surface area contributed by atoms with Crippen molar-refractivity contribution >= 4 is 0 Å². The van der Waals surface area contributed by atoms with E-state index in [1.54, 1.807) is 7.11 Å². The van der Waals surface area contributed by atoms with Crippen molar-refractivity contribution in [2.45, 2.75) is 33.6 Å². The van der Waals surface area contributed by atoms with Crippen LogP contribution in [0.1, 0.15) is 33.6 Å². The zero-order valence-electron chi connectivity index (χ0n) is 14.0. The number of rotatable bonds is 9. The number of piperazine rings is 1. The van der Waals surface area contributed by atoms with Crippen molar-refractivity contribution in [3.05, 3.63) is 0 Å². The summed E-state index contributed by atoms with van der Waals surface area (Å²) in [6, 6.07) is 0. The van der Waals surface area contributed by atoms with Crippen LogP contribution in [-0.2, 0) is 9.47 Å². The highest BCUT2D eigenvalue weighted by molar-refractivity contribution is 4.71. The summed E-state index contributed by atoms with van der Waals surface area (Å²) < 4.78 is 10.9. The van der Waals surface area contributed by atoms with E-state index >= 15 is 0 Å². The lowest BCUT2D eigenvalue weighted by Gasteiger charge is -2.34. The number of nitrogens with zero attached hydrogens (tertiary/aromatic N) is 2. The number of ether oxygens (including phenoxy) is 2. The Labute approximate surface area is 125 Å². The molecule has 20 heavy (non-hydrogen) atoms. The third-order valence-electron chi connectivity index (χ3n) is 3.84. The first-order chi connectivity index (χ1) is 9.51. The predicted molar refractivity (Wildman–Crippen MR) is 84.3 cm³/mol. The minimum Gasteiger partial charge on any atom is -0.383 e. The molecule has 0 aliphatic carbocycles. The third-order valence-corrected chi connectivity index (χ3v) is 3.84. The molecule has 0 bridgehead atoms. The van der Waals surface area contributed by atoms with Crippen molar-refractivity contribution in [2.24, 2.45) is 5.41 Å². The van der Waals surface area contributed by atoms with Gasteiger partial charge in [-0.3, -0.25) is 9.80 Å². The van der Waals surface area contributed by atoms with Gasteiger partial charge in [0.1, 0.15) is 0 Å². The summed E-state index contributed by atoms with van der Waals surface area (Å²) >= 11 is 0. The van der Waals surface area contributed by atoms with Crippen LogP contribution in [0.5, 0.6) is 0 Å². The number of methoxy groups -OCH3 is 1. The van der Waals surface area contributed by atoms with Gasteiger partial charge >= 0.3 is 0 Å². The fraction of sp³-hybridized carbons (Fsp3) is 1.00. The van der Waals surface area contributed by atoms with E-state index in [2.05, 4.69) is 30.6 Å². The summed E-state index contributed by atoms with van der Waals surface area (Å²) in [5.74, 6) is 0. The minimum atomic E-state index is 0.432. The van der Waals surface area contributed by atoms with Crippen LogP contribution >= 0.6 is 0 Å². The molecule has 1 saturated heterocycles. The molecule has 1 aliphatic heterocycles. The van der Waals surface area contributed by atoms with Gasteiger partial charge in [0.15, 0.2) is 0 Å². The first-order valence-electron chi connectivity index (χ1n) is 8.03. The minimum absolute atomic E-state index is 0.432. The van der Waals surface area contributed by atoms with E-state index in [9.17, 15) is 0 Å². The van der Waals surface area contributed by atoms with Crippen LogP contribution in [0.4, 0.5) is 0 Å². The molecule has 1 heterocycles. The molecule has 0 unspecified atom stereocenters. The first-order valence-corrected chi connectivity index (χ1v) is 8.03. The van der Waals surface area contributed by atoms with E-state index in [-0.39, 0.29) is 0 Å². The molecule has 0 amide bonds. The maximum Gasteiger partial charge on any atom is 0.0593 e. The van der Waals surface area contributed by atoms with Crippen molar-refractivity contribution in [2.75, 3.05) is 66.2 Å². The maximum absolute atomic E-state index is 5.75. The van der Waals surface area contributed by atoms with E-state index in [4.69, 9.17) is 9.47 Å². The molecule has 0 aromatic heterocycles. The van der Waals surface area contributed by atoms with Gasteiger partial charge < -0.3 is 9.47 Å². The largest absolute Gasteiger partial charge is 0.383 e. The number of hydrogen-bond acceptors (Lipinski definition) is 4. The van der Waals surface area contributed by atoms with Crippen LogP contribution in [0.2, 0.25) is 0 Å². The second-order valence-corrected chi connectivity index (χ2v) is 6.95. The maximum atomic E-state index is 5.75. The zero-order chi connectivity index (χ0) is 14.8. The molecule has 0 radical (unpaired) electrons. The van der Waals surface area contributed by atoms with Gasteiger partial charge in [-0.25, -0.2) is 0 Å². The molecule has 0 aromatic rings. The molecular weight excluding hydrogens is 252 g/mol. The second-order valence-electron chi connectivity index (χ2n) is 6.95. The van der Waals surface area contributed by atoms with Gasteiger partial charge in [-0.15, -0.1) is 0 Å². The smallest absolute Gasteiger partial charge is 0.0593 e. The van der Waals surface area contributed by atoms with Crippen molar-refractivity contribution in [1.29, 1.82) is 0 Å². The molecule has 120 valence electrons. The Morgan fingerprint density at radius 2 is 1.40 bits per heavy atom. The van der Waals surface area contributed by atoms with Gasteiger partial charge in [0, 0.05) is 53.0 Å². The van der Waals surface area contributed by atoms with Crippen molar-refractivity contribution < 1.29 is 9.47 Å². The van der Waals surface area contributed by atoms with Gasteiger partial charge in [0.2, 0.25) is 0 Å². The van der Waals surface area contributed by atoms with Crippen LogP contribution in [0.25, 0.3) is 0 Å². The molecule has 0 spiro atoms. The Morgan fingerprint density at radius 3 is 1.90 bits per heavy atom. The molecule has 0 aromatic carbocycles. The van der Waals surface area contributed by atoms with E-state index in [1.807, 2.05) is 0 Å². The summed E-state index contributed by atoms with van der Waals surface area (Å²) in [6.07, 6.45) is 2.42. The fourth-order valence-electron chi connectivity index (χ4n) is 2.46. The van der Waals surface area contributed by atoms with Crippen molar-refractivity contribution in [1.82, 2.24) is 9.80 Å². The zero-order valence-corrected chi connectivity index (χ0v) is 14.0. The Bertz CT molecular complexity index is 233. The van der Waals surface area contributed by atoms with Crippen LogP contribution in [0, 0.1) is 5.41 Å². The fourth-order valence-corrected chi connectivity index (χ4v) is 2.46. The molecular formula is C16H34N2O2. The highest BCUT2D eigenvalue weighted by Gasteiger charge is 2.16. The summed E-state index contributed by atoms with van der Waals surface area (Å²) in [4.78, 5) is 4.98. The van der Waals surface area contributed by atoms with Crippen LogP contribution in [-0.4, -0.2) is 76.0 Å². The Hall–Kier alpha value is -0.160. The summed E-state index contributed by atoms with van der Waals surface area (Å²) in [5.41, 5.74) is 0.432. The molecule has 0 saturated carbocycles. The van der Waals surface area contributed by atoms with E-state index < -0.39 is 0 Å². The quantitative estimate of drug-likeness (QED) is 0.606. The number of hydrogen-bond donors (Lipinski definition) is 0. The van der Waals surface area contributed by atoms with E-state index in [1.165, 1.54) is 12.8 Å². The average Bonchev–Trinajstić information content (AvgIpc) is 2.40. The molecule has 1 rings (SSSR count). The lowest BCUT2D eigenvalue weighted by molar-refractivity contribution is 0.0624. The highest BCUT2D eigenvalue weighted by atomic mass is 16.5.